The van der Waals surface area contributed by atoms with Crippen LogP contribution in [-0.4, -0.2) is 99.3 Å². The summed E-state index contributed by atoms with van der Waals surface area (Å²) in [5.74, 6) is -3.98. The second kappa shape index (κ2) is 19.4. The number of carbonyl (C=O) groups is 3. The third kappa shape index (κ3) is 11.8. The highest BCUT2D eigenvalue weighted by Gasteiger charge is 2.44. The Bertz CT molecular complexity index is 2060. The Labute approximate surface area is 355 Å². The minimum atomic E-state index is -3.91. The summed E-state index contributed by atoms with van der Waals surface area (Å²) in [6, 6.07) is 17.6. The van der Waals surface area contributed by atoms with Gasteiger partial charge >= 0.3 is 12.2 Å². The van der Waals surface area contributed by atoms with Gasteiger partial charge in [-0.1, -0.05) is 41.9 Å². The van der Waals surface area contributed by atoms with E-state index in [1.807, 2.05) is 30.3 Å². The Kier molecular flexibility index (Phi) is 14.6. The average Bonchev–Trinajstić information content (AvgIpc) is 3.58. The van der Waals surface area contributed by atoms with Gasteiger partial charge in [0.25, 0.3) is 5.92 Å². The lowest BCUT2D eigenvalue weighted by Gasteiger charge is -2.36. The molecule has 1 aromatic heterocycles. The lowest BCUT2D eigenvalue weighted by Crippen LogP contribution is -2.49. The molecule has 1 saturated carbocycles. The van der Waals surface area contributed by atoms with Crippen molar-refractivity contribution in [3.63, 3.8) is 0 Å². The number of pyridine rings is 1. The van der Waals surface area contributed by atoms with Crippen molar-refractivity contribution in [3.8, 4) is 0 Å². The van der Waals surface area contributed by atoms with E-state index in [9.17, 15) is 22.8 Å². The molecule has 0 unspecified atom stereocenters. The highest BCUT2D eigenvalue weighted by molar-refractivity contribution is 7.89. The molecule has 3 amide bonds. The quantitative estimate of drug-likeness (QED) is 0.122. The van der Waals surface area contributed by atoms with Gasteiger partial charge in [0.2, 0.25) is 15.9 Å². The molecule has 2 saturated heterocycles. The molecular formula is C42H54ClF2N7O7S. The first kappa shape index (κ1) is 45.0. The Balaban J connectivity index is 0.949. The van der Waals surface area contributed by atoms with Crippen molar-refractivity contribution in [1.29, 1.82) is 0 Å². The number of alkyl halides is 2. The van der Waals surface area contributed by atoms with Gasteiger partial charge < -0.3 is 35.2 Å². The summed E-state index contributed by atoms with van der Waals surface area (Å²) in [6.07, 6.45) is 1.47. The summed E-state index contributed by atoms with van der Waals surface area (Å²) in [6.45, 7) is 7.34. The van der Waals surface area contributed by atoms with Gasteiger partial charge in [-0.05, 0) is 101 Å². The number of nitrogens with one attached hydrogen (secondary N) is 3. The molecule has 0 spiro atoms. The molecule has 1 aliphatic carbocycles. The number of aromatic nitrogens is 1. The van der Waals surface area contributed by atoms with E-state index in [0.717, 1.165) is 5.56 Å². The van der Waals surface area contributed by atoms with E-state index in [0.29, 0.717) is 50.9 Å². The van der Waals surface area contributed by atoms with Crippen LogP contribution in [0.4, 0.5) is 29.9 Å². The predicted octanol–water partition coefficient (Wildman–Crippen LogP) is 6.43. The van der Waals surface area contributed by atoms with Crippen LogP contribution in [0.1, 0.15) is 70.4 Å². The van der Waals surface area contributed by atoms with Crippen LogP contribution in [0, 0.1) is 5.92 Å². The summed E-state index contributed by atoms with van der Waals surface area (Å²) >= 11 is 6.32. The Morgan fingerprint density at radius 1 is 0.900 bits per heavy atom. The van der Waals surface area contributed by atoms with Crippen LogP contribution in [0.15, 0.2) is 71.6 Å². The minimum absolute atomic E-state index is 0.0521. The van der Waals surface area contributed by atoms with Crippen molar-refractivity contribution in [2.45, 2.75) is 94.4 Å². The first-order chi connectivity index (χ1) is 28.5. The van der Waals surface area contributed by atoms with Crippen molar-refractivity contribution < 1.29 is 41.1 Å². The summed E-state index contributed by atoms with van der Waals surface area (Å²) in [7, 11) is -3.91. The monoisotopic (exact) mass is 873 g/mol. The maximum Gasteiger partial charge on any atom is 0.407 e. The highest BCUT2D eigenvalue weighted by atomic mass is 35.5. The summed E-state index contributed by atoms with van der Waals surface area (Å²) in [5, 5.41) is 8.81. The van der Waals surface area contributed by atoms with Crippen LogP contribution in [0.25, 0.3) is 0 Å². The molecule has 0 radical (unpaired) electrons. The van der Waals surface area contributed by atoms with Gasteiger partial charge in [-0.25, -0.2) is 31.8 Å². The van der Waals surface area contributed by atoms with Gasteiger partial charge in [0.05, 0.1) is 10.9 Å². The second-order valence-electron chi connectivity index (χ2n) is 16.4. The molecule has 3 aliphatic rings. The number of ether oxygens (including phenoxy) is 2. The molecule has 60 heavy (non-hydrogen) atoms. The van der Waals surface area contributed by atoms with Crippen LogP contribution >= 0.6 is 11.6 Å². The molecule has 3 N–H and O–H groups in total. The third-order valence-electron chi connectivity index (χ3n) is 10.9. The number of carbonyl (C=O) groups excluding carboxylic acids is 3. The van der Waals surface area contributed by atoms with Crippen LogP contribution in [0.2, 0.25) is 5.15 Å². The van der Waals surface area contributed by atoms with Crippen LogP contribution < -0.4 is 25.8 Å². The van der Waals surface area contributed by atoms with Gasteiger partial charge in [-0.3, -0.25) is 4.79 Å². The summed E-state index contributed by atoms with van der Waals surface area (Å²) in [5.41, 5.74) is 0.513. The number of nitrogens with zero attached hydrogens (tertiary/aromatic N) is 4. The Morgan fingerprint density at radius 2 is 1.58 bits per heavy atom. The lowest BCUT2D eigenvalue weighted by atomic mass is 9.80. The van der Waals surface area contributed by atoms with E-state index in [-0.39, 0.29) is 79.1 Å². The number of hydrogen-bond acceptors (Lipinski definition) is 10. The Morgan fingerprint density at radius 3 is 2.25 bits per heavy atom. The molecule has 326 valence electrons. The number of alkyl carbamates (subject to hydrolysis) is 2. The van der Waals surface area contributed by atoms with E-state index in [1.54, 1.807) is 37.8 Å². The number of anilines is 2. The molecule has 6 rings (SSSR count). The van der Waals surface area contributed by atoms with Crippen molar-refractivity contribution in [3.05, 3.63) is 83.0 Å². The normalized spacial score (nSPS) is 20.5. The van der Waals surface area contributed by atoms with Gasteiger partial charge in [0.1, 0.15) is 23.2 Å². The molecular weight excluding hydrogens is 820 g/mol. The lowest BCUT2D eigenvalue weighted by molar-refractivity contribution is -0.117. The first-order valence-electron chi connectivity index (χ1n) is 20.4. The number of sulfonamides is 1. The molecule has 3 heterocycles. The second-order valence-corrected chi connectivity index (χ2v) is 18.8. The highest BCUT2D eigenvalue weighted by Crippen LogP contribution is 2.45. The molecule has 3 aromatic rings. The molecule has 18 heteroatoms. The zero-order valence-electron chi connectivity index (χ0n) is 34.2. The topological polar surface area (TPSA) is 163 Å². The van der Waals surface area contributed by atoms with Crippen molar-refractivity contribution in [1.82, 2.24) is 25.2 Å². The van der Waals surface area contributed by atoms with Gasteiger partial charge in [0, 0.05) is 68.9 Å². The van der Waals surface area contributed by atoms with Gasteiger partial charge in [0.15, 0.2) is 0 Å². The van der Waals surface area contributed by atoms with Gasteiger partial charge in [-0.15, -0.1) is 0 Å². The average molecular weight is 874 g/mol. The van der Waals surface area contributed by atoms with E-state index >= 15 is 8.78 Å². The number of hydrogen-bond donors (Lipinski definition) is 3. The van der Waals surface area contributed by atoms with Crippen molar-refractivity contribution in [2.75, 3.05) is 55.6 Å². The zero-order valence-corrected chi connectivity index (χ0v) is 35.7. The van der Waals surface area contributed by atoms with Crippen LogP contribution in [0.5, 0.6) is 0 Å². The fraction of sp³-hybridized carbons (Fsp3) is 0.524. The predicted molar refractivity (Wildman–Crippen MR) is 224 cm³/mol. The van der Waals surface area contributed by atoms with E-state index in [4.69, 9.17) is 21.1 Å². The number of halogens is 3. The zero-order chi connectivity index (χ0) is 43.1. The molecule has 2 aliphatic heterocycles. The maximum absolute atomic E-state index is 16.1. The number of rotatable bonds is 14. The minimum Gasteiger partial charge on any atom is -0.445 e. The van der Waals surface area contributed by atoms with Gasteiger partial charge in [-0.2, -0.15) is 4.31 Å². The molecule has 2 aromatic carbocycles. The molecule has 14 nitrogen and oxygen atoms in total. The molecule has 0 bridgehead atoms. The fourth-order valence-electron chi connectivity index (χ4n) is 7.73. The largest absolute Gasteiger partial charge is 0.445 e. The van der Waals surface area contributed by atoms with E-state index < -0.39 is 45.7 Å². The van der Waals surface area contributed by atoms with Crippen LogP contribution in [0.3, 0.4) is 0 Å². The number of benzene rings is 2. The molecule has 1 atom stereocenters. The van der Waals surface area contributed by atoms with E-state index in [1.165, 1.54) is 33.5 Å². The smallest absolute Gasteiger partial charge is 0.407 e. The fourth-order valence-corrected chi connectivity index (χ4v) is 9.35. The third-order valence-corrected chi connectivity index (χ3v) is 13.0. The Hall–Kier alpha value is -4.58. The van der Waals surface area contributed by atoms with Crippen molar-refractivity contribution >= 4 is 51.2 Å². The number of amides is 3. The van der Waals surface area contributed by atoms with Crippen LogP contribution in [-0.2, 0) is 36.8 Å². The molecule has 3 fully saturated rings. The SMILES string of the molecule is CC(C)(C)OC(=O)N[C@@H]1CC(=O)N(c2ccc(S(=O)(=O)N3CCN(c4cc(C(F)(F)C5CCC(NCCCNC(=O)OCc6ccccc6)CC5)cc(Cl)n4)CC3)cc2)C1. The summed E-state index contributed by atoms with van der Waals surface area (Å²) < 4.78 is 71.2. The number of piperazine rings is 1. The maximum atomic E-state index is 16.1. The summed E-state index contributed by atoms with van der Waals surface area (Å²) in [4.78, 5) is 44.6. The first-order valence-corrected chi connectivity index (χ1v) is 22.2. The van der Waals surface area contributed by atoms with E-state index in [2.05, 4.69) is 20.9 Å². The standard InChI is InChI=1S/C42H54ClF2N7O7S/c1-41(2,3)59-40(55)48-33-26-38(53)52(27-33)34-14-16-35(17-15-34)60(56,57)51-22-20-50(21-23-51)37-25-31(24-36(43)49-37)42(44,45)30-10-12-32(13-11-30)46-18-7-19-47-39(54)58-28-29-8-5-4-6-9-29/h4-6,8-9,14-17,24-25,30,32-33,46H,7,10-13,18-23,26-28H2,1-3H3,(H,47,54)(H,48,55)/t30?,32?,33-/m1/s1. The van der Waals surface area contributed by atoms with Crippen molar-refractivity contribution in [2.24, 2.45) is 5.92 Å².